The normalized spacial score (nSPS) is 14.8. The third-order valence-corrected chi connectivity index (χ3v) is 3.56. The van der Waals surface area contributed by atoms with Crippen molar-refractivity contribution in [3.05, 3.63) is 11.2 Å². The van der Waals surface area contributed by atoms with Crippen molar-refractivity contribution in [1.29, 1.82) is 0 Å². The lowest BCUT2D eigenvalue weighted by Crippen LogP contribution is -2.14. The van der Waals surface area contributed by atoms with Gasteiger partial charge in [-0.15, -0.1) is 5.14 Å². The molecule has 0 aromatic carbocycles. The third-order valence-electron chi connectivity index (χ3n) is 1.21. The van der Waals surface area contributed by atoms with Crippen LogP contribution in [0.4, 0.5) is 0 Å². The Morgan fingerprint density at radius 2 is 2.33 bits per heavy atom. The van der Waals surface area contributed by atoms with Crippen LogP contribution in [0.15, 0.2) is 10.4 Å². The van der Waals surface area contributed by atoms with Crippen LogP contribution in [-0.4, -0.2) is 14.6 Å². The van der Waals surface area contributed by atoms with E-state index in [2.05, 4.69) is 4.98 Å². The molecule has 1 atom stereocenters. The highest BCUT2D eigenvalue weighted by Crippen LogP contribution is 2.26. The Bertz CT molecular complexity index is 267. The molecule has 0 aliphatic rings. The Hall–Kier alpha value is -0.140. The van der Waals surface area contributed by atoms with Crippen molar-refractivity contribution < 1.29 is 9.66 Å². The van der Waals surface area contributed by atoms with Gasteiger partial charge in [0, 0.05) is 0 Å². The molecule has 0 amide bonds. The fourth-order valence-corrected chi connectivity index (χ4v) is 2.01. The highest BCUT2D eigenvalue weighted by molar-refractivity contribution is 7.91. The summed E-state index contributed by atoms with van der Waals surface area (Å²) in [5.74, 6) is 0. The van der Waals surface area contributed by atoms with E-state index in [9.17, 15) is 9.66 Å². The van der Waals surface area contributed by atoms with Gasteiger partial charge in [0.05, 0.1) is 17.6 Å². The molecule has 0 bridgehead atoms. The Morgan fingerprint density at radius 3 is 2.58 bits per heavy atom. The first-order valence-corrected chi connectivity index (χ1v) is 5.29. The molecule has 0 saturated heterocycles. The Kier molecular flexibility index (Phi) is 2.74. The minimum absolute atomic E-state index is 0.479. The number of nitrogens with two attached hydrogens (primary N) is 1. The minimum Gasteiger partial charge on any atom is -0.592 e. The van der Waals surface area contributed by atoms with Crippen molar-refractivity contribution in [3.8, 4) is 0 Å². The molecule has 3 N–H and O–H groups in total. The lowest BCUT2D eigenvalue weighted by molar-refractivity contribution is 0.0783. The standard InChI is InChI=1S/C6H10N2O2S2/c1-6(2,9)5-8-3-4(11-5)12(7)10/h3,9H,7H2,1-2H3/t12-/m0/s1. The van der Waals surface area contributed by atoms with Gasteiger partial charge in [-0.05, 0) is 13.8 Å². The van der Waals surface area contributed by atoms with Crippen molar-refractivity contribution in [1.82, 2.24) is 4.98 Å². The summed E-state index contributed by atoms with van der Waals surface area (Å²) in [6.07, 6.45) is 1.42. The largest absolute Gasteiger partial charge is 0.592 e. The van der Waals surface area contributed by atoms with E-state index in [1.807, 2.05) is 0 Å². The molecule has 1 rings (SSSR count). The summed E-state index contributed by atoms with van der Waals surface area (Å²) in [7, 11) is 0. The SMILES string of the molecule is CC(C)(O)c1ncc([S@@+](N)[O-])s1. The maximum Gasteiger partial charge on any atom is 0.247 e. The van der Waals surface area contributed by atoms with E-state index in [0.29, 0.717) is 9.22 Å². The molecule has 0 aliphatic heterocycles. The molecule has 12 heavy (non-hydrogen) atoms. The third kappa shape index (κ3) is 2.18. The van der Waals surface area contributed by atoms with Gasteiger partial charge < -0.3 is 9.66 Å². The van der Waals surface area contributed by atoms with Crippen molar-refractivity contribution in [2.24, 2.45) is 5.14 Å². The van der Waals surface area contributed by atoms with Gasteiger partial charge in [0.2, 0.25) is 4.21 Å². The number of thiazole rings is 1. The van der Waals surface area contributed by atoms with Gasteiger partial charge in [0.1, 0.15) is 10.6 Å². The summed E-state index contributed by atoms with van der Waals surface area (Å²) in [5.41, 5.74) is -0.984. The molecule has 0 unspecified atom stereocenters. The van der Waals surface area contributed by atoms with Gasteiger partial charge in [-0.25, -0.2) is 4.98 Å². The topological polar surface area (TPSA) is 82.2 Å². The second-order valence-corrected chi connectivity index (χ2v) is 5.16. The highest BCUT2D eigenvalue weighted by atomic mass is 32.2. The molecule has 1 aromatic heterocycles. The Labute approximate surface area is 77.8 Å². The highest BCUT2D eigenvalue weighted by Gasteiger charge is 2.23. The Morgan fingerprint density at radius 1 is 1.75 bits per heavy atom. The first-order chi connectivity index (χ1) is 5.41. The first-order valence-electron chi connectivity index (χ1n) is 3.26. The number of rotatable bonds is 2. The monoisotopic (exact) mass is 206 g/mol. The summed E-state index contributed by atoms with van der Waals surface area (Å²) in [6.45, 7) is 3.24. The number of hydrogen-bond donors (Lipinski definition) is 2. The summed E-state index contributed by atoms with van der Waals surface area (Å²) in [6, 6.07) is 0. The number of nitrogens with zero attached hydrogens (tertiary/aromatic N) is 1. The minimum atomic E-state index is -1.50. The molecule has 1 aromatic rings. The molecule has 0 fully saturated rings. The molecule has 68 valence electrons. The molecule has 0 spiro atoms. The van der Waals surface area contributed by atoms with E-state index in [-0.39, 0.29) is 0 Å². The van der Waals surface area contributed by atoms with Crippen LogP contribution in [0.1, 0.15) is 18.9 Å². The van der Waals surface area contributed by atoms with Crippen LogP contribution in [-0.2, 0) is 17.0 Å². The zero-order chi connectivity index (χ0) is 9.35. The number of aliphatic hydroxyl groups is 1. The van der Waals surface area contributed by atoms with E-state index in [1.54, 1.807) is 13.8 Å². The van der Waals surface area contributed by atoms with Crippen molar-refractivity contribution >= 4 is 22.7 Å². The summed E-state index contributed by atoms with van der Waals surface area (Å²) in [4.78, 5) is 3.90. The summed E-state index contributed by atoms with van der Waals surface area (Å²) >= 11 is -0.336. The van der Waals surface area contributed by atoms with Crippen LogP contribution in [0, 0.1) is 0 Å². The molecule has 6 heteroatoms. The molecule has 0 radical (unpaired) electrons. The summed E-state index contributed by atoms with van der Waals surface area (Å²) in [5, 5.41) is 15.1. The van der Waals surface area contributed by atoms with E-state index >= 15 is 0 Å². The van der Waals surface area contributed by atoms with Gasteiger partial charge in [-0.2, -0.15) is 0 Å². The number of hydrogen-bond acceptors (Lipinski definition) is 5. The predicted octanol–water partition coefficient (Wildman–Crippen LogP) is 0.352. The zero-order valence-electron chi connectivity index (χ0n) is 6.77. The van der Waals surface area contributed by atoms with E-state index < -0.39 is 17.0 Å². The lowest BCUT2D eigenvalue weighted by atomic mass is 10.2. The van der Waals surface area contributed by atoms with Gasteiger partial charge >= 0.3 is 0 Å². The van der Waals surface area contributed by atoms with Gasteiger partial charge in [-0.3, -0.25) is 0 Å². The van der Waals surface area contributed by atoms with Gasteiger partial charge in [0.15, 0.2) is 0 Å². The van der Waals surface area contributed by atoms with Crippen LogP contribution in [0.5, 0.6) is 0 Å². The fourth-order valence-electron chi connectivity index (χ4n) is 0.635. The smallest absolute Gasteiger partial charge is 0.247 e. The quantitative estimate of drug-likeness (QED) is 0.684. The predicted molar refractivity (Wildman–Crippen MR) is 48.0 cm³/mol. The van der Waals surface area contributed by atoms with Gasteiger partial charge in [-0.1, -0.05) is 11.3 Å². The zero-order valence-corrected chi connectivity index (χ0v) is 8.41. The van der Waals surface area contributed by atoms with Gasteiger partial charge in [0.25, 0.3) is 0 Å². The molecule has 0 saturated carbocycles. The van der Waals surface area contributed by atoms with Crippen molar-refractivity contribution in [2.45, 2.75) is 23.7 Å². The fraction of sp³-hybridized carbons (Fsp3) is 0.500. The first kappa shape index (κ1) is 9.94. The second kappa shape index (κ2) is 3.31. The average Bonchev–Trinajstić information content (AvgIpc) is 2.30. The molecule has 4 nitrogen and oxygen atoms in total. The van der Waals surface area contributed by atoms with Crippen LogP contribution in [0.2, 0.25) is 0 Å². The van der Waals surface area contributed by atoms with E-state index in [4.69, 9.17) is 5.14 Å². The van der Waals surface area contributed by atoms with E-state index in [0.717, 1.165) is 11.3 Å². The molecule has 1 heterocycles. The maximum atomic E-state index is 10.8. The van der Waals surface area contributed by atoms with E-state index in [1.165, 1.54) is 6.20 Å². The van der Waals surface area contributed by atoms with Crippen molar-refractivity contribution in [3.63, 3.8) is 0 Å². The van der Waals surface area contributed by atoms with Crippen LogP contribution in [0.25, 0.3) is 0 Å². The van der Waals surface area contributed by atoms with Crippen molar-refractivity contribution in [2.75, 3.05) is 0 Å². The molecular formula is C6H10N2O2S2. The van der Waals surface area contributed by atoms with Crippen LogP contribution >= 0.6 is 11.3 Å². The second-order valence-electron chi connectivity index (χ2n) is 2.84. The molecule has 0 aliphatic carbocycles. The number of aromatic nitrogens is 1. The summed E-state index contributed by atoms with van der Waals surface area (Å²) < 4.78 is 11.2. The Balaban J connectivity index is 2.92. The van der Waals surface area contributed by atoms with Crippen LogP contribution < -0.4 is 5.14 Å². The maximum absolute atomic E-state index is 10.8. The lowest BCUT2D eigenvalue weighted by Gasteiger charge is -2.11. The molecular weight excluding hydrogens is 196 g/mol. The average molecular weight is 206 g/mol. The van der Waals surface area contributed by atoms with Crippen LogP contribution in [0.3, 0.4) is 0 Å².